The Kier molecular flexibility index (Phi) is 3.85. The first-order chi connectivity index (χ1) is 7.73. The van der Waals surface area contributed by atoms with E-state index in [0.717, 1.165) is 13.0 Å². The molecule has 1 N–H and O–H groups in total. The normalized spacial score (nSPS) is 25.0. The van der Waals surface area contributed by atoms with Crippen LogP contribution in [0.4, 0.5) is 0 Å². The fourth-order valence-corrected chi connectivity index (χ4v) is 3.54. The molecule has 1 saturated carbocycles. The quantitative estimate of drug-likeness (QED) is 0.799. The van der Waals surface area contributed by atoms with Gasteiger partial charge in [-0.3, -0.25) is 9.69 Å². The largest absolute Gasteiger partial charge is 0.481 e. The molecular weight excluding hydrogens is 202 g/mol. The van der Waals surface area contributed by atoms with Crippen LogP contribution in [0.2, 0.25) is 0 Å². The number of hydrogen-bond acceptors (Lipinski definition) is 2. The Bertz CT molecular complexity index is 246. The molecule has 3 nitrogen and oxygen atoms in total. The third-order valence-corrected chi connectivity index (χ3v) is 4.34. The average molecular weight is 225 g/mol. The highest BCUT2D eigenvalue weighted by Gasteiger charge is 2.40. The maximum absolute atomic E-state index is 10.5. The fourth-order valence-electron chi connectivity index (χ4n) is 3.54. The highest BCUT2D eigenvalue weighted by Crippen LogP contribution is 2.41. The summed E-state index contributed by atoms with van der Waals surface area (Å²) in [6, 6.07) is 0. The van der Waals surface area contributed by atoms with Crippen LogP contribution in [0.15, 0.2) is 0 Å². The third-order valence-electron chi connectivity index (χ3n) is 4.34. The predicted octanol–water partition coefficient (Wildman–Crippen LogP) is 2.65. The Morgan fingerprint density at radius 1 is 1.12 bits per heavy atom. The van der Waals surface area contributed by atoms with E-state index in [-0.39, 0.29) is 0 Å². The van der Waals surface area contributed by atoms with Crippen molar-refractivity contribution in [2.24, 2.45) is 0 Å². The van der Waals surface area contributed by atoms with Crippen LogP contribution in [0.3, 0.4) is 0 Å². The van der Waals surface area contributed by atoms with Crippen LogP contribution >= 0.6 is 0 Å². The van der Waals surface area contributed by atoms with Crippen molar-refractivity contribution in [3.63, 3.8) is 0 Å². The van der Waals surface area contributed by atoms with Crippen LogP contribution in [0, 0.1) is 0 Å². The van der Waals surface area contributed by atoms with Crippen molar-refractivity contribution in [1.29, 1.82) is 0 Å². The van der Waals surface area contributed by atoms with Gasteiger partial charge in [-0.05, 0) is 45.2 Å². The number of carboxylic acids is 1. The summed E-state index contributed by atoms with van der Waals surface area (Å²) < 4.78 is 0. The number of carbonyl (C=O) groups is 1. The van der Waals surface area contributed by atoms with Gasteiger partial charge in [-0.2, -0.15) is 0 Å². The summed E-state index contributed by atoms with van der Waals surface area (Å²) in [6.45, 7) is 2.19. The number of carboxylic acid groups (broad SMARTS) is 1. The minimum Gasteiger partial charge on any atom is -0.481 e. The molecular formula is C13H23NO2. The van der Waals surface area contributed by atoms with Crippen LogP contribution in [-0.4, -0.2) is 34.6 Å². The second-order valence-electron chi connectivity index (χ2n) is 5.37. The summed E-state index contributed by atoms with van der Waals surface area (Å²) in [5.74, 6) is -0.656. The van der Waals surface area contributed by atoms with Crippen LogP contribution in [0.1, 0.15) is 57.8 Å². The number of aliphatic carboxylic acids is 1. The van der Waals surface area contributed by atoms with Gasteiger partial charge in [-0.25, -0.2) is 0 Å². The zero-order valence-electron chi connectivity index (χ0n) is 10.1. The molecule has 0 radical (unpaired) electrons. The molecule has 3 heteroatoms. The van der Waals surface area contributed by atoms with Gasteiger partial charge in [-0.1, -0.05) is 19.3 Å². The van der Waals surface area contributed by atoms with Crippen molar-refractivity contribution in [2.45, 2.75) is 63.3 Å². The number of likely N-dealkylation sites (tertiary alicyclic amines) is 1. The second-order valence-corrected chi connectivity index (χ2v) is 5.37. The monoisotopic (exact) mass is 225 g/mol. The Morgan fingerprint density at radius 2 is 1.81 bits per heavy atom. The van der Waals surface area contributed by atoms with E-state index in [1.54, 1.807) is 0 Å². The SMILES string of the molecule is O=C(O)CCCN1CCCC12CCCCC2. The van der Waals surface area contributed by atoms with Gasteiger partial charge in [0.2, 0.25) is 0 Å². The van der Waals surface area contributed by atoms with Crippen LogP contribution < -0.4 is 0 Å². The molecule has 2 aliphatic rings. The highest BCUT2D eigenvalue weighted by molar-refractivity contribution is 5.66. The molecule has 92 valence electrons. The Morgan fingerprint density at radius 3 is 2.50 bits per heavy atom. The van der Waals surface area contributed by atoms with Gasteiger partial charge in [-0.15, -0.1) is 0 Å². The lowest BCUT2D eigenvalue weighted by Gasteiger charge is -2.41. The number of hydrogen-bond donors (Lipinski definition) is 1. The van der Waals surface area contributed by atoms with Gasteiger partial charge in [0.15, 0.2) is 0 Å². The van der Waals surface area contributed by atoms with E-state index in [9.17, 15) is 4.79 Å². The van der Waals surface area contributed by atoms with Crippen molar-refractivity contribution in [3.05, 3.63) is 0 Å². The van der Waals surface area contributed by atoms with Gasteiger partial charge in [0, 0.05) is 12.0 Å². The van der Waals surface area contributed by atoms with Gasteiger partial charge in [0.1, 0.15) is 0 Å². The van der Waals surface area contributed by atoms with E-state index in [2.05, 4.69) is 4.90 Å². The molecule has 2 rings (SSSR count). The molecule has 1 spiro atoms. The maximum Gasteiger partial charge on any atom is 0.303 e. The zero-order valence-corrected chi connectivity index (χ0v) is 10.1. The average Bonchev–Trinajstić information content (AvgIpc) is 2.62. The summed E-state index contributed by atoms with van der Waals surface area (Å²) in [7, 11) is 0. The third kappa shape index (κ3) is 2.57. The molecule has 0 aromatic carbocycles. The van der Waals surface area contributed by atoms with E-state index >= 15 is 0 Å². The fraction of sp³-hybridized carbons (Fsp3) is 0.923. The van der Waals surface area contributed by atoms with E-state index in [0.29, 0.717) is 12.0 Å². The van der Waals surface area contributed by atoms with Gasteiger partial charge in [0.25, 0.3) is 0 Å². The van der Waals surface area contributed by atoms with Crippen molar-refractivity contribution in [3.8, 4) is 0 Å². The van der Waals surface area contributed by atoms with Gasteiger partial charge < -0.3 is 5.11 Å². The molecule has 16 heavy (non-hydrogen) atoms. The molecule has 1 aliphatic heterocycles. The highest BCUT2D eigenvalue weighted by atomic mass is 16.4. The standard InChI is InChI=1S/C13H23NO2/c15-12(16)6-4-10-14-11-5-9-13(14)7-2-1-3-8-13/h1-11H2,(H,15,16). The van der Waals surface area contributed by atoms with Crippen LogP contribution in [0.5, 0.6) is 0 Å². The first kappa shape index (κ1) is 11.9. The first-order valence-corrected chi connectivity index (χ1v) is 6.70. The minimum absolute atomic E-state index is 0.326. The molecule has 1 aliphatic carbocycles. The summed E-state index contributed by atoms with van der Waals surface area (Å²) in [5.41, 5.74) is 0.469. The van der Waals surface area contributed by atoms with Crippen molar-refractivity contribution in [1.82, 2.24) is 4.90 Å². The van der Waals surface area contributed by atoms with E-state index in [1.165, 1.54) is 51.5 Å². The molecule has 1 saturated heterocycles. The molecule has 0 aromatic rings. The van der Waals surface area contributed by atoms with Gasteiger partial charge >= 0.3 is 5.97 Å². The topological polar surface area (TPSA) is 40.5 Å². The maximum atomic E-state index is 10.5. The van der Waals surface area contributed by atoms with Gasteiger partial charge in [0.05, 0.1) is 0 Å². The lowest BCUT2D eigenvalue weighted by atomic mass is 9.79. The summed E-state index contributed by atoms with van der Waals surface area (Å²) >= 11 is 0. The lowest BCUT2D eigenvalue weighted by Crippen LogP contribution is -2.45. The smallest absolute Gasteiger partial charge is 0.303 e. The predicted molar refractivity (Wildman–Crippen MR) is 63.5 cm³/mol. The molecule has 0 atom stereocenters. The van der Waals surface area contributed by atoms with Crippen molar-refractivity contribution < 1.29 is 9.90 Å². The van der Waals surface area contributed by atoms with E-state index < -0.39 is 5.97 Å². The number of rotatable bonds is 4. The van der Waals surface area contributed by atoms with E-state index in [4.69, 9.17) is 5.11 Å². The van der Waals surface area contributed by atoms with Crippen molar-refractivity contribution >= 4 is 5.97 Å². The molecule has 2 fully saturated rings. The number of nitrogens with zero attached hydrogens (tertiary/aromatic N) is 1. The molecule has 0 aromatic heterocycles. The summed E-state index contributed by atoms with van der Waals surface area (Å²) in [6.07, 6.45) is 10.6. The molecule has 0 bridgehead atoms. The molecule has 1 heterocycles. The van der Waals surface area contributed by atoms with Crippen molar-refractivity contribution in [2.75, 3.05) is 13.1 Å². The minimum atomic E-state index is -0.656. The van der Waals surface area contributed by atoms with E-state index in [1.807, 2.05) is 0 Å². The zero-order chi connectivity index (χ0) is 11.4. The van der Waals surface area contributed by atoms with Crippen LogP contribution in [0.25, 0.3) is 0 Å². The second kappa shape index (κ2) is 5.17. The molecule has 0 unspecified atom stereocenters. The Hall–Kier alpha value is -0.570. The Labute approximate surface area is 97.8 Å². The summed E-state index contributed by atoms with van der Waals surface area (Å²) in [5, 5.41) is 8.67. The van der Waals surface area contributed by atoms with Crippen LogP contribution in [-0.2, 0) is 4.79 Å². The first-order valence-electron chi connectivity index (χ1n) is 6.70. The lowest BCUT2D eigenvalue weighted by molar-refractivity contribution is -0.137. The summed E-state index contributed by atoms with van der Waals surface area (Å²) in [4.78, 5) is 13.1. The molecule has 0 amide bonds. The Balaban J connectivity index is 1.85.